The van der Waals surface area contributed by atoms with Gasteiger partial charge in [0.25, 0.3) is 5.91 Å². The molecule has 0 atom stereocenters. The van der Waals surface area contributed by atoms with Crippen LogP contribution in [0, 0.1) is 6.92 Å². The Bertz CT molecular complexity index is 1180. The molecule has 1 heterocycles. The quantitative estimate of drug-likeness (QED) is 0.423. The van der Waals surface area contributed by atoms with Gasteiger partial charge in [-0.1, -0.05) is 60.7 Å². The molecule has 4 aromatic rings. The summed E-state index contributed by atoms with van der Waals surface area (Å²) in [6.07, 6.45) is 0. The van der Waals surface area contributed by atoms with E-state index in [1.165, 1.54) is 11.8 Å². The van der Waals surface area contributed by atoms with E-state index >= 15 is 0 Å². The summed E-state index contributed by atoms with van der Waals surface area (Å²) in [6, 6.07) is 25.1. The molecule has 0 aliphatic carbocycles. The number of hydrogen-bond acceptors (Lipinski definition) is 4. The van der Waals surface area contributed by atoms with Crippen molar-refractivity contribution in [3.8, 4) is 0 Å². The maximum atomic E-state index is 12.8. The summed E-state index contributed by atoms with van der Waals surface area (Å²) in [7, 11) is 0. The number of para-hydroxylation sites is 1. The second-order valence-corrected chi connectivity index (χ2v) is 8.02. The topological polar surface area (TPSA) is 59.8 Å². The van der Waals surface area contributed by atoms with E-state index in [2.05, 4.69) is 15.4 Å². The van der Waals surface area contributed by atoms with Gasteiger partial charge in [0.05, 0.1) is 12.2 Å². The summed E-state index contributed by atoms with van der Waals surface area (Å²) >= 11 is 7.51. The predicted octanol–water partition coefficient (Wildman–Crippen LogP) is 5.69. The summed E-state index contributed by atoms with van der Waals surface area (Å²) in [5.41, 5.74) is 3.38. The molecule has 0 saturated heterocycles. The van der Waals surface area contributed by atoms with E-state index in [1.807, 2.05) is 85.8 Å². The van der Waals surface area contributed by atoms with Gasteiger partial charge in [-0.25, -0.2) is 4.68 Å². The highest BCUT2D eigenvalue weighted by Crippen LogP contribution is 2.33. The van der Waals surface area contributed by atoms with Crippen LogP contribution in [0.2, 0.25) is 5.28 Å². The van der Waals surface area contributed by atoms with Crippen LogP contribution in [0.25, 0.3) is 0 Å². The van der Waals surface area contributed by atoms with E-state index in [0.717, 1.165) is 16.0 Å². The molecule has 1 N–H and O–H groups in total. The minimum absolute atomic E-state index is 0.148. The third-order valence-electron chi connectivity index (χ3n) is 4.51. The van der Waals surface area contributed by atoms with E-state index in [1.54, 1.807) is 4.68 Å². The Morgan fingerprint density at radius 1 is 1.00 bits per heavy atom. The molecule has 0 radical (unpaired) electrons. The van der Waals surface area contributed by atoms with Crippen LogP contribution in [-0.2, 0) is 6.54 Å². The predicted molar refractivity (Wildman–Crippen MR) is 120 cm³/mol. The SMILES string of the molecule is Cc1ccccc1C(=O)Nc1ccccc1Sc1nc(Cl)nn1Cc1ccccc1. The number of nitrogens with one attached hydrogen (secondary N) is 1. The molecule has 30 heavy (non-hydrogen) atoms. The van der Waals surface area contributed by atoms with Gasteiger partial charge in [-0.3, -0.25) is 4.79 Å². The second kappa shape index (κ2) is 9.15. The Balaban J connectivity index is 1.58. The number of amides is 1. The first-order valence-electron chi connectivity index (χ1n) is 9.38. The number of benzene rings is 3. The number of carbonyl (C=O) groups excluding carboxylic acids is 1. The van der Waals surface area contributed by atoms with Crippen LogP contribution >= 0.6 is 23.4 Å². The molecule has 0 spiro atoms. The van der Waals surface area contributed by atoms with Crippen molar-refractivity contribution in [3.63, 3.8) is 0 Å². The van der Waals surface area contributed by atoms with Crippen molar-refractivity contribution >= 4 is 35.0 Å². The number of aryl methyl sites for hydroxylation is 1. The van der Waals surface area contributed by atoms with Crippen molar-refractivity contribution in [2.45, 2.75) is 23.5 Å². The third kappa shape index (κ3) is 4.72. The monoisotopic (exact) mass is 434 g/mol. The van der Waals surface area contributed by atoms with Gasteiger partial charge in [-0.2, -0.15) is 4.98 Å². The average Bonchev–Trinajstić information content (AvgIpc) is 3.09. The van der Waals surface area contributed by atoms with Crippen LogP contribution in [0.15, 0.2) is 88.9 Å². The van der Waals surface area contributed by atoms with Crippen LogP contribution in [0.4, 0.5) is 5.69 Å². The Hall–Kier alpha value is -3.09. The standard InChI is InChI=1S/C23H19ClN4OS/c1-16-9-5-6-12-18(16)21(29)25-19-13-7-8-14-20(19)30-23-26-22(24)27-28(23)15-17-10-3-2-4-11-17/h2-14H,15H2,1H3,(H,25,29). The van der Waals surface area contributed by atoms with E-state index in [4.69, 9.17) is 11.6 Å². The summed E-state index contributed by atoms with van der Waals surface area (Å²) in [4.78, 5) is 18.0. The fourth-order valence-electron chi connectivity index (χ4n) is 3.01. The Morgan fingerprint density at radius 3 is 2.50 bits per heavy atom. The lowest BCUT2D eigenvalue weighted by molar-refractivity contribution is 0.102. The minimum atomic E-state index is -0.148. The number of halogens is 1. The lowest BCUT2D eigenvalue weighted by atomic mass is 10.1. The zero-order valence-corrected chi connectivity index (χ0v) is 17.8. The highest BCUT2D eigenvalue weighted by atomic mass is 35.5. The molecule has 1 amide bonds. The molecule has 0 unspecified atom stereocenters. The Labute approximate surface area is 184 Å². The maximum Gasteiger partial charge on any atom is 0.255 e. The normalized spacial score (nSPS) is 10.7. The third-order valence-corrected chi connectivity index (χ3v) is 5.73. The van der Waals surface area contributed by atoms with Gasteiger partial charge in [0.1, 0.15) is 0 Å². The van der Waals surface area contributed by atoms with E-state index in [-0.39, 0.29) is 11.2 Å². The molecule has 0 aliphatic rings. The summed E-state index contributed by atoms with van der Waals surface area (Å²) < 4.78 is 1.77. The minimum Gasteiger partial charge on any atom is -0.321 e. The molecule has 7 heteroatoms. The van der Waals surface area contributed by atoms with Crippen molar-refractivity contribution in [2.24, 2.45) is 0 Å². The van der Waals surface area contributed by atoms with Crippen molar-refractivity contribution in [3.05, 3.63) is 101 Å². The molecule has 4 rings (SSSR count). The zero-order chi connectivity index (χ0) is 20.9. The van der Waals surface area contributed by atoms with Gasteiger partial charge in [-0.05, 0) is 59.6 Å². The maximum absolute atomic E-state index is 12.8. The molecule has 5 nitrogen and oxygen atoms in total. The molecule has 0 fully saturated rings. The first kappa shape index (κ1) is 20.2. The fraction of sp³-hybridized carbons (Fsp3) is 0.0870. The summed E-state index contributed by atoms with van der Waals surface area (Å²) in [5.74, 6) is -0.148. The fourth-order valence-corrected chi connectivity index (χ4v) is 4.15. The van der Waals surface area contributed by atoms with Gasteiger partial charge in [-0.15, -0.1) is 5.10 Å². The number of anilines is 1. The van der Waals surface area contributed by atoms with E-state index < -0.39 is 0 Å². The van der Waals surface area contributed by atoms with Crippen LogP contribution in [-0.4, -0.2) is 20.7 Å². The van der Waals surface area contributed by atoms with Crippen molar-refractivity contribution < 1.29 is 4.79 Å². The second-order valence-electron chi connectivity index (χ2n) is 6.67. The van der Waals surface area contributed by atoms with E-state index in [9.17, 15) is 4.79 Å². The first-order valence-corrected chi connectivity index (χ1v) is 10.6. The number of hydrogen-bond donors (Lipinski definition) is 1. The zero-order valence-electron chi connectivity index (χ0n) is 16.2. The summed E-state index contributed by atoms with van der Waals surface area (Å²) in [5, 5.41) is 8.17. The molecule has 1 aromatic heterocycles. The van der Waals surface area contributed by atoms with Gasteiger partial charge in [0, 0.05) is 10.5 Å². The number of nitrogens with zero attached hydrogens (tertiary/aromatic N) is 3. The van der Waals surface area contributed by atoms with Crippen LogP contribution in [0.3, 0.4) is 0 Å². The largest absolute Gasteiger partial charge is 0.321 e. The number of carbonyl (C=O) groups is 1. The van der Waals surface area contributed by atoms with Crippen molar-refractivity contribution in [1.29, 1.82) is 0 Å². The van der Waals surface area contributed by atoms with Crippen LogP contribution < -0.4 is 5.32 Å². The molecular formula is C23H19ClN4OS. The number of aromatic nitrogens is 3. The van der Waals surface area contributed by atoms with Crippen molar-refractivity contribution in [2.75, 3.05) is 5.32 Å². The van der Waals surface area contributed by atoms with Crippen molar-refractivity contribution in [1.82, 2.24) is 14.8 Å². The molecule has 0 bridgehead atoms. The highest BCUT2D eigenvalue weighted by Gasteiger charge is 2.15. The van der Waals surface area contributed by atoms with Gasteiger partial charge >= 0.3 is 0 Å². The number of rotatable bonds is 6. The summed E-state index contributed by atoms with van der Waals surface area (Å²) in [6.45, 7) is 2.48. The highest BCUT2D eigenvalue weighted by molar-refractivity contribution is 7.99. The van der Waals surface area contributed by atoms with Crippen LogP contribution in [0.1, 0.15) is 21.5 Å². The molecule has 3 aromatic carbocycles. The Kier molecular flexibility index (Phi) is 6.16. The molecular weight excluding hydrogens is 416 g/mol. The van der Waals surface area contributed by atoms with Crippen LogP contribution in [0.5, 0.6) is 0 Å². The lowest BCUT2D eigenvalue weighted by Crippen LogP contribution is -2.13. The van der Waals surface area contributed by atoms with Gasteiger partial charge in [0.2, 0.25) is 5.28 Å². The molecule has 150 valence electrons. The smallest absolute Gasteiger partial charge is 0.255 e. The average molecular weight is 435 g/mol. The lowest BCUT2D eigenvalue weighted by Gasteiger charge is -2.12. The Morgan fingerprint density at radius 2 is 1.70 bits per heavy atom. The molecule has 0 saturated carbocycles. The van der Waals surface area contributed by atoms with E-state index in [0.29, 0.717) is 23.0 Å². The first-order chi connectivity index (χ1) is 14.6. The van der Waals surface area contributed by atoms with Gasteiger partial charge < -0.3 is 5.32 Å². The van der Waals surface area contributed by atoms with Gasteiger partial charge in [0.15, 0.2) is 5.16 Å². The molecule has 0 aliphatic heterocycles.